The minimum Gasteiger partial charge on any atom is -0.496 e. The molecule has 1 amide bonds. The summed E-state index contributed by atoms with van der Waals surface area (Å²) >= 11 is 0. The maximum Gasteiger partial charge on any atom is 0.226 e. The number of carbonyl (C=O) groups excluding carboxylic acids is 1. The third-order valence-corrected chi connectivity index (χ3v) is 4.04. The molecule has 122 valence electrons. The lowest BCUT2D eigenvalue weighted by atomic mass is 10.0. The molecule has 0 atom stereocenters. The minimum atomic E-state index is 0.101. The first kappa shape index (κ1) is 17.0. The van der Waals surface area contributed by atoms with Crippen molar-refractivity contribution in [2.75, 3.05) is 20.7 Å². The number of hydrogen-bond acceptors (Lipinski definition) is 3. The summed E-state index contributed by atoms with van der Waals surface area (Å²) in [6.07, 6.45) is 4.74. The highest BCUT2D eigenvalue weighted by molar-refractivity contribution is 5.79. The summed E-state index contributed by atoms with van der Waals surface area (Å²) in [5, 5.41) is 0. The number of ether oxygens (including phenoxy) is 1. The van der Waals surface area contributed by atoms with Crippen molar-refractivity contribution in [3.8, 4) is 5.75 Å². The smallest absolute Gasteiger partial charge is 0.226 e. The maximum atomic E-state index is 12.5. The fourth-order valence-corrected chi connectivity index (χ4v) is 2.62. The van der Waals surface area contributed by atoms with Gasteiger partial charge < -0.3 is 9.64 Å². The van der Waals surface area contributed by atoms with Crippen molar-refractivity contribution in [3.63, 3.8) is 0 Å². The molecule has 0 fully saturated rings. The molecule has 2 aromatic rings. The van der Waals surface area contributed by atoms with Crippen LogP contribution in [0.25, 0.3) is 0 Å². The summed E-state index contributed by atoms with van der Waals surface area (Å²) in [4.78, 5) is 18.3. The monoisotopic (exact) mass is 312 g/mol. The highest BCUT2D eigenvalue weighted by Crippen LogP contribution is 2.25. The van der Waals surface area contributed by atoms with Gasteiger partial charge in [-0.05, 0) is 55.2 Å². The van der Waals surface area contributed by atoms with Crippen molar-refractivity contribution in [2.24, 2.45) is 0 Å². The second-order valence-corrected chi connectivity index (χ2v) is 5.86. The molecule has 0 aliphatic rings. The molecular formula is C19H24N2O2. The summed E-state index contributed by atoms with van der Waals surface area (Å²) in [7, 11) is 3.49. The predicted molar refractivity (Wildman–Crippen MR) is 91.8 cm³/mol. The van der Waals surface area contributed by atoms with Gasteiger partial charge in [0.05, 0.1) is 13.5 Å². The average molecular weight is 312 g/mol. The van der Waals surface area contributed by atoms with Crippen molar-refractivity contribution in [1.29, 1.82) is 0 Å². The number of carbonyl (C=O) groups is 1. The van der Waals surface area contributed by atoms with Crippen LogP contribution in [0.2, 0.25) is 0 Å². The van der Waals surface area contributed by atoms with E-state index in [1.165, 1.54) is 5.56 Å². The molecule has 0 radical (unpaired) electrons. The van der Waals surface area contributed by atoms with Crippen molar-refractivity contribution in [3.05, 3.63) is 58.9 Å². The second kappa shape index (κ2) is 7.77. The Labute approximate surface area is 138 Å². The molecular weight excluding hydrogens is 288 g/mol. The average Bonchev–Trinajstić information content (AvgIpc) is 2.55. The highest BCUT2D eigenvalue weighted by Gasteiger charge is 2.15. The molecule has 4 heteroatoms. The fraction of sp³-hybridized carbons (Fsp3) is 0.368. The van der Waals surface area contributed by atoms with Crippen LogP contribution in [0, 0.1) is 13.8 Å². The van der Waals surface area contributed by atoms with Gasteiger partial charge in [-0.25, -0.2) is 0 Å². The number of amides is 1. The van der Waals surface area contributed by atoms with E-state index in [0.717, 1.165) is 28.9 Å². The van der Waals surface area contributed by atoms with E-state index in [4.69, 9.17) is 4.74 Å². The molecule has 0 spiro atoms. The van der Waals surface area contributed by atoms with Gasteiger partial charge in [-0.2, -0.15) is 0 Å². The summed E-state index contributed by atoms with van der Waals surface area (Å²) in [6, 6.07) is 8.02. The first-order valence-corrected chi connectivity index (χ1v) is 7.78. The number of aromatic nitrogens is 1. The number of likely N-dealkylation sites (N-methyl/N-ethyl adjacent to an activating group) is 1. The molecule has 0 aliphatic heterocycles. The molecule has 0 unspecified atom stereocenters. The number of nitrogens with zero attached hydrogens (tertiary/aromatic N) is 2. The van der Waals surface area contributed by atoms with Gasteiger partial charge in [0.25, 0.3) is 0 Å². The molecule has 0 saturated heterocycles. The fourth-order valence-electron chi connectivity index (χ4n) is 2.62. The zero-order valence-corrected chi connectivity index (χ0v) is 14.3. The SMILES string of the molecule is COc1cc(C)cc(C)c1CC(=O)N(C)CCc1ccncc1. The molecule has 0 aliphatic carbocycles. The van der Waals surface area contributed by atoms with E-state index >= 15 is 0 Å². The van der Waals surface area contributed by atoms with E-state index < -0.39 is 0 Å². The Bertz CT molecular complexity index is 669. The van der Waals surface area contributed by atoms with Gasteiger partial charge in [0.15, 0.2) is 0 Å². The lowest BCUT2D eigenvalue weighted by molar-refractivity contribution is -0.129. The van der Waals surface area contributed by atoms with Gasteiger partial charge in [0.1, 0.15) is 5.75 Å². The molecule has 2 rings (SSSR count). The van der Waals surface area contributed by atoms with E-state index in [1.807, 2.05) is 39.1 Å². The third-order valence-electron chi connectivity index (χ3n) is 4.04. The van der Waals surface area contributed by atoms with Gasteiger partial charge in [-0.3, -0.25) is 9.78 Å². The molecule has 0 bridgehead atoms. The van der Waals surface area contributed by atoms with Crippen LogP contribution in [0.15, 0.2) is 36.7 Å². The zero-order chi connectivity index (χ0) is 16.8. The van der Waals surface area contributed by atoms with Crippen molar-refractivity contribution >= 4 is 5.91 Å². The van der Waals surface area contributed by atoms with Crippen LogP contribution in [0.4, 0.5) is 0 Å². The number of benzene rings is 1. The minimum absolute atomic E-state index is 0.101. The molecule has 0 saturated carbocycles. The Balaban J connectivity index is 2.01. The summed E-state index contributed by atoms with van der Waals surface area (Å²) in [6.45, 7) is 4.74. The normalized spacial score (nSPS) is 10.4. The van der Waals surface area contributed by atoms with Crippen LogP contribution < -0.4 is 4.74 Å². The van der Waals surface area contributed by atoms with E-state index in [2.05, 4.69) is 11.1 Å². The van der Waals surface area contributed by atoms with Gasteiger partial charge in [-0.15, -0.1) is 0 Å². The number of pyridine rings is 1. The molecule has 1 aromatic carbocycles. The van der Waals surface area contributed by atoms with Crippen molar-refractivity contribution in [1.82, 2.24) is 9.88 Å². The number of rotatable bonds is 6. The van der Waals surface area contributed by atoms with Crippen molar-refractivity contribution < 1.29 is 9.53 Å². The molecule has 4 nitrogen and oxygen atoms in total. The molecule has 1 heterocycles. The summed E-state index contributed by atoms with van der Waals surface area (Å²) in [5.41, 5.74) is 4.39. The largest absolute Gasteiger partial charge is 0.496 e. The van der Waals surface area contributed by atoms with Crippen LogP contribution in [-0.4, -0.2) is 36.5 Å². The van der Waals surface area contributed by atoms with Crippen LogP contribution >= 0.6 is 0 Å². The lowest BCUT2D eigenvalue weighted by Gasteiger charge is -2.19. The zero-order valence-electron chi connectivity index (χ0n) is 14.3. The van der Waals surface area contributed by atoms with E-state index in [1.54, 1.807) is 24.4 Å². The van der Waals surface area contributed by atoms with E-state index in [0.29, 0.717) is 13.0 Å². The standard InChI is InChI=1S/C19H24N2O2/c1-14-11-15(2)17(18(12-14)23-4)13-19(22)21(3)10-7-16-5-8-20-9-6-16/h5-6,8-9,11-12H,7,10,13H2,1-4H3. The van der Waals surface area contributed by atoms with Crippen LogP contribution in [0.5, 0.6) is 5.75 Å². The third kappa shape index (κ3) is 4.55. The molecule has 1 aromatic heterocycles. The van der Waals surface area contributed by atoms with Crippen LogP contribution in [0.3, 0.4) is 0 Å². The van der Waals surface area contributed by atoms with Crippen LogP contribution in [0.1, 0.15) is 22.3 Å². The first-order valence-electron chi connectivity index (χ1n) is 7.78. The second-order valence-electron chi connectivity index (χ2n) is 5.86. The van der Waals surface area contributed by atoms with Crippen LogP contribution in [-0.2, 0) is 17.6 Å². The van der Waals surface area contributed by atoms with Gasteiger partial charge in [0.2, 0.25) is 5.91 Å². The Morgan fingerprint density at radius 1 is 1.22 bits per heavy atom. The topological polar surface area (TPSA) is 42.4 Å². The van der Waals surface area contributed by atoms with Gasteiger partial charge >= 0.3 is 0 Å². The Hall–Kier alpha value is -2.36. The van der Waals surface area contributed by atoms with Crippen molar-refractivity contribution in [2.45, 2.75) is 26.7 Å². The highest BCUT2D eigenvalue weighted by atomic mass is 16.5. The number of aryl methyl sites for hydroxylation is 2. The lowest BCUT2D eigenvalue weighted by Crippen LogP contribution is -2.30. The Kier molecular flexibility index (Phi) is 5.74. The maximum absolute atomic E-state index is 12.5. The number of methoxy groups -OCH3 is 1. The Morgan fingerprint density at radius 2 is 1.91 bits per heavy atom. The van der Waals surface area contributed by atoms with E-state index in [-0.39, 0.29) is 5.91 Å². The predicted octanol–water partition coefficient (Wildman–Crippen LogP) is 2.95. The summed E-state index contributed by atoms with van der Waals surface area (Å²) in [5.74, 6) is 0.891. The quantitative estimate of drug-likeness (QED) is 0.823. The Morgan fingerprint density at radius 3 is 2.57 bits per heavy atom. The molecule has 0 N–H and O–H groups in total. The number of hydrogen-bond donors (Lipinski definition) is 0. The van der Waals surface area contributed by atoms with Gasteiger partial charge in [-0.1, -0.05) is 6.07 Å². The first-order chi connectivity index (χ1) is 11.0. The van der Waals surface area contributed by atoms with E-state index in [9.17, 15) is 4.79 Å². The van der Waals surface area contributed by atoms with Gasteiger partial charge in [0, 0.05) is 31.5 Å². The summed E-state index contributed by atoms with van der Waals surface area (Å²) < 4.78 is 5.44. The molecule has 23 heavy (non-hydrogen) atoms.